The first-order valence-electron chi connectivity index (χ1n) is 9.71. The molecule has 0 aliphatic heterocycles. The van der Waals surface area contributed by atoms with Gasteiger partial charge in [0.15, 0.2) is 17.0 Å². The summed E-state index contributed by atoms with van der Waals surface area (Å²) in [5.74, 6) is 1.52. The van der Waals surface area contributed by atoms with Crippen LogP contribution >= 0.6 is 0 Å². The Kier molecular flexibility index (Phi) is 4.72. The Labute approximate surface area is 174 Å². The second-order valence-electron chi connectivity index (χ2n) is 7.56. The predicted octanol–water partition coefficient (Wildman–Crippen LogP) is 2.82. The van der Waals surface area contributed by atoms with Crippen LogP contribution in [-0.2, 0) is 13.6 Å². The van der Waals surface area contributed by atoms with Crippen LogP contribution in [0.25, 0.3) is 11.2 Å². The number of aromatic nitrogens is 6. The quantitative estimate of drug-likeness (QED) is 0.465. The van der Waals surface area contributed by atoms with Gasteiger partial charge in [-0.2, -0.15) is 13.8 Å². The summed E-state index contributed by atoms with van der Waals surface area (Å²) in [6.07, 6.45) is 4.62. The molecule has 5 rings (SSSR count). The molecule has 160 valence electrons. The maximum Gasteiger partial charge on any atom is 0.387 e. The van der Waals surface area contributed by atoms with Crippen LogP contribution in [-0.4, -0.2) is 35.9 Å². The molecule has 11 heteroatoms. The average Bonchev–Trinajstić information content (AvgIpc) is 3.31. The van der Waals surface area contributed by atoms with Crippen molar-refractivity contribution in [2.24, 2.45) is 7.05 Å². The molecule has 3 aromatic heterocycles. The Hall–Kier alpha value is -3.63. The van der Waals surface area contributed by atoms with Crippen LogP contribution in [0.4, 0.5) is 8.78 Å². The van der Waals surface area contributed by atoms with E-state index < -0.39 is 6.61 Å². The van der Waals surface area contributed by atoms with E-state index in [9.17, 15) is 13.6 Å². The third-order valence-electron chi connectivity index (χ3n) is 5.57. The minimum atomic E-state index is -2.83. The third kappa shape index (κ3) is 3.66. The van der Waals surface area contributed by atoms with Gasteiger partial charge in [0.05, 0.1) is 6.33 Å². The summed E-state index contributed by atoms with van der Waals surface area (Å²) < 4.78 is 37.3. The van der Waals surface area contributed by atoms with Crippen LogP contribution in [0.5, 0.6) is 5.75 Å². The number of nitrogens with zero attached hydrogens (tertiary/aromatic N) is 6. The second kappa shape index (κ2) is 7.56. The zero-order valence-corrected chi connectivity index (χ0v) is 16.5. The summed E-state index contributed by atoms with van der Waals surface area (Å²) in [7, 11) is 1.74. The predicted molar refractivity (Wildman–Crippen MR) is 104 cm³/mol. The topological polar surface area (TPSA) is 101 Å². The molecule has 0 radical (unpaired) electrons. The Morgan fingerprint density at radius 2 is 1.90 bits per heavy atom. The molecule has 0 atom stereocenters. The van der Waals surface area contributed by atoms with Gasteiger partial charge in [0.25, 0.3) is 5.56 Å². The fourth-order valence-corrected chi connectivity index (χ4v) is 3.85. The van der Waals surface area contributed by atoms with Crippen molar-refractivity contribution in [3.05, 3.63) is 64.6 Å². The standard InChI is InChI=1S/C20H18F2N6O3/c1-27-9-23-18-16(27)19(29)28(10-24-18)8-15-25-17(26-31-15)13-6-12(7-13)11-2-4-14(5-3-11)30-20(21)22/h2-5,9-10,12-13,20H,6-8H2,1H3/t12-,13-. The minimum absolute atomic E-state index is 0.127. The molecule has 0 bridgehead atoms. The van der Waals surface area contributed by atoms with Crippen LogP contribution in [0.15, 0.2) is 46.2 Å². The highest BCUT2D eigenvalue weighted by atomic mass is 19.3. The fourth-order valence-electron chi connectivity index (χ4n) is 3.85. The maximum absolute atomic E-state index is 12.6. The van der Waals surface area contributed by atoms with Crippen LogP contribution in [0.3, 0.4) is 0 Å². The summed E-state index contributed by atoms with van der Waals surface area (Å²) in [4.78, 5) is 25.3. The van der Waals surface area contributed by atoms with Gasteiger partial charge in [-0.25, -0.2) is 9.97 Å². The largest absolute Gasteiger partial charge is 0.435 e. The SMILES string of the molecule is Cn1cnc2ncn(Cc3nc([C@H]4C[C@H](c5ccc(OC(F)F)cc5)C4)no3)c(=O)c21. The molecule has 0 saturated heterocycles. The fraction of sp³-hybridized carbons (Fsp3) is 0.350. The molecule has 9 nitrogen and oxygen atoms in total. The van der Waals surface area contributed by atoms with Gasteiger partial charge in [-0.05, 0) is 36.5 Å². The normalized spacial score (nSPS) is 18.5. The Balaban J connectivity index is 1.24. The zero-order valence-electron chi connectivity index (χ0n) is 16.5. The number of hydrogen-bond donors (Lipinski definition) is 0. The highest BCUT2D eigenvalue weighted by Gasteiger charge is 2.34. The second-order valence-corrected chi connectivity index (χ2v) is 7.56. The van der Waals surface area contributed by atoms with Crippen LogP contribution in [0.1, 0.15) is 42.0 Å². The number of fused-ring (bicyclic) bond motifs is 1. The van der Waals surface area contributed by atoms with Crippen LogP contribution in [0.2, 0.25) is 0 Å². The van der Waals surface area contributed by atoms with Crippen molar-refractivity contribution in [2.45, 2.75) is 37.8 Å². The Morgan fingerprint density at radius 3 is 2.65 bits per heavy atom. The van der Waals surface area contributed by atoms with Gasteiger partial charge in [0.1, 0.15) is 18.6 Å². The van der Waals surface area contributed by atoms with Crippen LogP contribution in [0, 0.1) is 0 Å². The lowest BCUT2D eigenvalue weighted by molar-refractivity contribution is -0.0498. The highest BCUT2D eigenvalue weighted by Crippen LogP contribution is 2.46. The number of ether oxygens (including phenoxy) is 1. The first-order valence-corrected chi connectivity index (χ1v) is 9.71. The van der Waals surface area contributed by atoms with Crippen molar-refractivity contribution in [1.29, 1.82) is 0 Å². The molecule has 3 heterocycles. The van der Waals surface area contributed by atoms with Crippen molar-refractivity contribution in [1.82, 2.24) is 29.2 Å². The van der Waals surface area contributed by atoms with E-state index in [1.807, 2.05) is 0 Å². The molecular formula is C20H18F2N6O3. The number of rotatable bonds is 6. The van der Waals surface area contributed by atoms with E-state index in [0.717, 1.165) is 18.4 Å². The molecule has 1 saturated carbocycles. The molecule has 1 aromatic carbocycles. The first-order chi connectivity index (χ1) is 15.0. The Bertz CT molecular complexity index is 1270. The van der Waals surface area contributed by atoms with E-state index in [4.69, 9.17) is 4.52 Å². The molecule has 0 spiro atoms. The van der Waals surface area contributed by atoms with Crippen molar-refractivity contribution in [3.8, 4) is 5.75 Å². The molecule has 0 amide bonds. The molecule has 1 aliphatic carbocycles. The third-order valence-corrected chi connectivity index (χ3v) is 5.57. The van der Waals surface area contributed by atoms with E-state index in [2.05, 4.69) is 24.8 Å². The number of imidazole rings is 1. The minimum Gasteiger partial charge on any atom is -0.435 e. The summed E-state index contributed by atoms with van der Waals surface area (Å²) in [5.41, 5.74) is 1.63. The first kappa shape index (κ1) is 19.3. The van der Waals surface area contributed by atoms with Gasteiger partial charge >= 0.3 is 6.61 Å². The summed E-state index contributed by atoms with van der Waals surface area (Å²) in [5, 5.41) is 4.07. The molecule has 31 heavy (non-hydrogen) atoms. The maximum atomic E-state index is 12.6. The number of halogens is 2. The summed E-state index contributed by atoms with van der Waals surface area (Å²) in [6, 6.07) is 6.70. The zero-order chi connectivity index (χ0) is 21.5. The molecule has 0 unspecified atom stereocenters. The molecular weight excluding hydrogens is 410 g/mol. The van der Waals surface area contributed by atoms with Gasteiger partial charge in [-0.3, -0.25) is 9.36 Å². The lowest BCUT2D eigenvalue weighted by atomic mass is 9.71. The summed E-state index contributed by atoms with van der Waals surface area (Å²) >= 11 is 0. The average molecular weight is 428 g/mol. The molecule has 1 aliphatic rings. The number of aryl methyl sites for hydroxylation is 1. The van der Waals surface area contributed by atoms with E-state index >= 15 is 0 Å². The van der Waals surface area contributed by atoms with Gasteiger partial charge in [-0.1, -0.05) is 17.3 Å². The lowest BCUT2D eigenvalue weighted by Crippen LogP contribution is -2.23. The van der Waals surface area contributed by atoms with Crippen molar-refractivity contribution in [2.75, 3.05) is 0 Å². The molecule has 0 N–H and O–H groups in total. The van der Waals surface area contributed by atoms with Crippen LogP contribution < -0.4 is 10.3 Å². The van der Waals surface area contributed by atoms with Gasteiger partial charge in [-0.15, -0.1) is 0 Å². The summed E-state index contributed by atoms with van der Waals surface area (Å²) in [6.45, 7) is -2.70. The van der Waals surface area contributed by atoms with Crippen molar-refractivity contribution >= 4 is 11.2 Å². The van der Waals surface area contributed by atoms with E-state index in [0.29, 0.717) is 28.8 Å². The molecule has 4 aromatic rings. The number of hydrogen-bond acceptors (Lipinski definition) is 7. The highest BCUT2D eigenvalue weighted by molar-refractivity contribution is 5.68. The van der Waals surface area contributed by atoms with E-state index in [-0.39, 0.29) is 23.8 Å². The van der Waals surface area contributed by atoms with Gasteiger partial charge in [0, 0.05) is 13.0 Å². The smallest absolute Gasteiger partial charge is 0.387 e. The van der Waals surface area contributed by atoms with Gasteiger partial charge < -0.3 is 13.8 Å². The number of alkyl halides is 2. The Morgan fingerprint density at radius 1 is 1.16 bits per heavy atom. The monoisotopic (exact) mass is 428 g/mol. The van der Waals surface area contributed by atoms with Crippen molar-refractivity contribution < 1.29 is 18.0 Å². The van der Waals surface area contributed by atoms with Crippen molar-refractivity contribution in [3.63, 3.8) is 0 Å². The van der Waals surface area contributed by atoms with E-state index in [1.165, 1.54) is 10.9 Å². The lowest BCUT2D eigenvalue weighted by Gasteiger charge is -2.33. The number of benzene rings is 1. The van der Waals surface area contributed by atoms with Gasteiger partial charge in [0.2, 0.25) is 5.89 Å². The molecule has 1 fully saturated rings. The van der Waals surface area contributed by atoms with E-state index in [1.54, 1.807) is 42.2 Å².